The van der Waals surface area contributed by atoms with Gasteiger partial charge in [0, 0.05) is 14.1 Å². The van der Waals surface area contributed by atoms with Crippen molar-refractivity contribution >= 4 is 14.2 Å². The number of likely N-dealkylation sites (N-methyl/N-ethyl adjacent to an activating group) is 1. The van der Waals surface area contributed by atoms with Crippen LogP contribution in [-0.4, -0.2) is 52.5 Å². The SMILES string of the molecule is C=C[C@H](CO[Si](C(C)C)(C(C)C)C(C)C)OCC(=O)N(C)C. The largest absolute Gasteiger partial charge is 0.413 e. The highest BCUT2D eigenvalue weighted by atomic mass is 28.4. The molecule has 0 fully saturated rings. The minimum atomic E-state index is -1.91. The van der Waals surface area contributed by atoms with E-state index in [-0.39, 0.29) is 18.6 Å². The summed E-state index contributed by atoms with van der Waals surface area (Å²) >= 11 is 0. The van der Waals surface area contributed by atoms with Crippen molar-refractivity contribution < 1.29 is 14.0 Å². The van der Waals surface area contributed by atoms with Crippen LogP contribution in [0.3, 0.4) is 0 Å². The van der Waals surface area contributed by atoms with E-state index in [1.165, 1.54) is 4.90 Å². The highest BCUT2D eigenvalue weighted by Crippen LogP contribution is 2.42. The highest BCUT2D eigenvalue weighted by Gasteiger charge is 2.45. The molecule has 1 atom stereocenters. The molecule has 130 valence electrons. The van der Waals surface area contributed by atoms with Gasteiger partial charge in [-0.1, -0.05) is 47.6 Å². The van der Waals surface area contributed by atoms with Crippen molar-refractivity contribution in [3.05, 3.63) is 12.7 Å². The van der Waals surface area contributed by atoms with Crippen LogP contribution >= 0.6 is 0 Å². The molecule has 0 aromatic carbocycles. The molecule has 0 bridgehead atoms. The fourth-order valence-electron chi connectivity index (χ4n) is 3.22. The molecule has 0 N–H and O–H groups in total. The molecular formula is C17H35NO3Si. The van der Waals surface area contributed by atoms with Crippen LogP contribution in [-0.2, 0) is 14.0 Å². The van der Waals surface area contributed by atoms with Crippen LogP contribution in [0.15, 0.2) is 12.7 Å². The van der Waals surface area contributed by atoms with Gasteiger partial charge in [-0.25, -0.2) is 0 Å². The lowest BCUT2D eigenvalue weighted by Crippen LogP contribution is -2.49. The first kappa shape index (κ1) is 21.3. The monoisotopic (exact) mass is 329 g/mol. The van der Waals surface area contributed by atoms with Gasteiger partial charge < -0.3 is 14.1 Å². The molecule has 0 aliphatic rings. The Kier molecular flexibility index (Phi) is 9.20. The zero-order valence-corrected chi connectivity index (χ0v) is 16.7. The quantitative estimate of drug-likeness (QED) is 0.451. The number of rotatable bonds is 10. The van der Waals surface area contributed by atoms with E-state index < -0.39 is 8.32 Å². The Balaban J connectivity index is 4.81. The number of carbonyl (C=O) groups is 1. The van der Waals surface area contributed by atoms with Crippen LogP contribution in [0.1, 0.15) is 41.5 Å². The van der Waals surface area contributed by atoms with Crippen molar-refractivity contribution in [2.45, 2.75) is 64.3 Å². The molecule has 0 unspecified atom stereocenters. The molecule has 0 aliphatic carbocycles. The second kappa shape index (κ2) is 9.48. The summed E-state index contributed by atoms with van der Waals surface area (Å²) in [5.41, 5.74) is 1.59. The van der Waals surface area contributed by atoms with Gasteiger partial charge in [0.25, 0.3) is 0 Å². The molecule has 0 aromatic rings. The van der Waals surface area contributed by atoms with Gasteiger partial charge in [-0.15, -0.1) is 6.58 Å². The van der Waals surface area contributed by atoms with E-state index in [0.29, 0.717) is 23.2 Å². The number of nitrogens with zero attached hydrogens (tertiary/aromatic N) is 1. The zero-order valence-electron chi connectivity index (χ0n) is 15.7. The number of ether oxygens (including phenoxy) is 1. The third-order valence-electron chi connectivity index (χ3n) is 4.39. The maximum Gasteiger partial charge on any atom is 0.248 e. The number of hydrogen-bond donors (Lipinski definition) is 0. The molecular weight excluding hydrogens is 294 g/mol. The molecule has 0 aromatic heterocycles. The summed E-state index contributed by atoms with van der Waals surface area (Å²) < 4.78 is 12.1. The van der Waals surface area contributed by atoms with Gasteiger partial charge in [-0.2, -0.15) is 0 Å². The molecule has 4 nitrogen and oxygen atoms in total. The second-order valence-corrected chi connectivity index (χ2v) is 12.5. The van der Waals surface area contributed by atoms with E-state index in [0.717, 1.165) is 0 Å². The Morgan fingerprint density at radius 2 is 1.55 bits per heavy atom. The van der Waals surface area contributed by atoms with Crippen LogP contribution < -0.4 is 0 Å². The first-order valence-electron chi connectivity index (χ1n) is 8.17. The first-order valence-corrected chi connectivity index (χ1v) is 10.3. The Morgan fingerprint density at radius 3 is 1.86 bits per heavy atom. The molecule has 0 aliphatic heterocycles. The van der Waals surface area contributed by atoms with Crippen molar-refractivity contribution in [3.63, 3.8) is 0 Å². The summed E-state index contributed by atoms with van der Waals surface area (Å²) in [5, 5.41) is 0. The molecule has 22 heavy (non-hydrogen) atoms. The molecule has 0 rings (SSSR count). The van der Waals surface area contributed by atoms with Crippen LogP contribution in [0.25, 0.3) is 0 Å². The third-order valence-corrected chi connectivity index (χ3v) is 10.5. The van der Waals surface area contributed by atoms with Crippen LogP contribution in [0.5, 0.6) is 0 Å². The van der Waals surface area contributed by atoms with Crippen molar-refractivity contribution in [2.75, 3.05) is 27.3 Å². The molecule has 5 heteroatoms. The van der Waals surface area contributed by atoms with E-state index in [9.17, 15) is 4.79 Å². The van der Waals surface area contributed by atoms with Gasteiger partial charge in [-0.3, -0.25) is 4.79 Å². The smallest absolute Gasteiger partial charge is 0.248 e. The van der Waals surface area contributed by atoms with E-state index in [1.807, 2.05) is 0 Å². The van der Waals surface area contributed by atoms with Gasteiger partial charge in [0.15, 0.2) is 8.32 Å². The Labute approximate surface area is 138 Å². The fourth-order valence-corrected chi connectivity index (χ4v) is 8.67. The molecule has 0 spiro atoms. The van der Waals surface area contributed by atoms with Gasteiger partial charge in [0.2, 0.25) is 5.91 Å². The normalized spacial score (nSPS) is 13.8. The number of hydrogen-bond acceptors (Lipinski definition) is 3. The molecule has 0 saturated carbocycles. The van der Waals surface area contributed by atoms with Crippen LogP contribution in [0.4, 0.5) is 0 Å². The lowest BCUT2D eigenvalue weighted by Gasteiger charge is -2.42. The summed E-state index contributed by atoms with van der Waals surface area (Å²) in [5.74, 6) is -0.0491. The lowest BCUT2D eigenvalue weighted by molar-refractivity contribution is -0.135. The average molecular weight is 330 g/mol. The number of amides is 1. The lowest BCUT2D eigenvalue weighted by atomic mass is 10.4. The number of carbonyl (C=O) groups excluding carboxylic acids is 1. The molecule has 0 saturated heterocycles. The van der Waals surface area contributed by atoms with Crippen molar-refractivity contribution in [3.8, 4) is 0 Å². The molecule has 1 amide bonds. The maximum absolute atomic E-state index is 11.6. The van der Waals surface area contributed by atoms with Gasteiger partial charge in [0.05, 0.1) is 12.7 Å². The summed E-state index contributed by atoms with van der Waals surface area (Å²) in [6, 6.07) is 0. The van der Waals surface area contributed by atoms with Crippen LogP contribution in [0, 0.1) is 0 Å². The Hall–Kier alpha value is -0.653. The van der Waals surface area contributed by atoms with Crippen molar-refractivity contribution in [1.29, 1.82) is 0 Å². The predicted molar refractivity (Wildman–Crippen MR) is 95.6 cm³/mol. The summed E-state index contributed by atoms with van der Waals surface area (Å²) in [7, 11) is 1.54. The topological polar surface area (TPSA) is 38.8 Å². The van der Waals surface area contributed by atoms with Gasteiger partial charge >= 0.3 is 0 Å². The third kappa shape index (κ3) is 5.52. The van der Waals surface area contributed by atoms with Crippen molar-refractivity contribution in [2.24, 2.45) is 0 Å². The highest BCUT2D eigenvalue weighted by molar-refractivity contribution is 6.77. The minimum absolute atomic E-state index is 0.0491. The molecule has 0 radical (unpaired) electrons. The summed E-state index contributed by atoms with van der Waals surface area (Å²) in [4.78, 5) is 13.1. The zero-order chi connectivity index (χ0) is 17.5. The van der Waals surface area contributed by atoms with E-state index >= 15 is 0 Å². The summed E-state index contributed by atoms with van der Waals surface area (Å²) in [6.07, 6.45) is 1.48. The van der Waals surface area contributed by atoms with E-state index in [2.05, 4.69) is 48.1 Å². The van der Waals surface area contributed by atoms with Gasteiger partial charge in [-0.05, 0) is 16.6 Å². The average Bonchev–Trinajstić information content (AvgIpc) is 2.40. The van der Waals surface area contributed by atoms with E-state index in [4.69, 9.17) is 9.16 Å². The predicted octanol–water partition coefficient (Wildman–Crippen LogP) is 3.84. The minimum Gasteiger partial charge on any atom is -0.413 e. The molecule has 0 heterocycles. The second-order valence-electron chi connectivity index (χ2n) is 7.00. The van der Waals surface area contributed by atoms with Crippen LogP contribution in [0.2, 0.25) is 16.6 Å². The van der Waals surface area contributed by atoms with Crippen molar-refractivity contribution in [1.82, 2.24) is 4.90 Å². The van der Waals surface area contributed by atoms with E-state index in [1.54, 1.807) is 20.2 Å². The van der Waals surface area contributed by atoms with Gasteiger partial charge in [0.1, 0.15) is 6.61 Å². The maximum atomic E-state index is 11.6. The summed E-state index contributed by atoms with van der Waals surface area (Å²) in [6.45, 7) is 17.9. The fraction of sp³-hybridized carbons (Fsp3) is 0.824. The Bertz CT molecular complexity index is 332. The Morgan fingerprint density at radius 1 is 1.09 bits per heavy atom. The first-order chi connectivity index (χ1) is 10.1. The standard InChI is InChI=1S/C17H35NO3Si/c1-10-16(20-12-17(19)18(8)9)11-21-22(13(2)3,14(4)5)15(6)7/h10,13-16H,1,11-12H2,2-9H3/t16-/m1/s1.